The summed E-state index contributed by atoms with van der Waals surface area (Å²) < 4.78 is 0. The summed E-state index contributed by atoms with van der Waals surface area (Å²) >= 11 is 0. The Bertz CT molecular complexity index is 769. The summed E-state index contributed by atoms with van der Waals surface area (Å²) in [5.74, 6) is 0.566. The van der Waals surface area contributed by atoms with E-state index in [9.17, 15) is 0 Å². The lowest BCUT2D eigenvalue weighted by Crippen LogP contribution is -2.10. The molecule has 104 valence electrons. The van der Waals surface area contributed by atoms with Gasteiger partial charge in [-0.2, -0.15) is 0 Å². The fraction of sp³-hybridized carbons (Fsp3) is 0.368. The molecule has 20 heavy (non-hydrogen) atoms. The van der Waals surface area contributed by atoms with Gasteiger partial charge in [-0.1, -0.05) is 58.9 Å². The van der Waals surface area contributed by atoms with Crippen LogP contribution >= 0.6 is 0 Å². The highest BCUT2D eigenvalue weighted by Gasteiger charge is 2.15. The third-order valence-electron chi connectivity index (χ3n) is 4.16. The van der Waals surface area contributed by atoms with E-state index >= 15 is 0 Å². The fourth-order valence-electron chi connectivity index (χ4n) is 2.75. The lowest BCUT2D eigenvalue weighted by atomic mass is 9.86. The van der Waals surface area contributed by atoms with Gasteiger partial charge in [-0.25, -0.2) is 0 Å². The van der Waals surface area contributed by atoms with E-state index < -0.39 is 0 Å². The van der Waals surface area contributed by atoms with Crippen LogP contribution in [0.4, 0.5) is 0 Å². The first kappa shape index (κ1) is 13.2. The smallest absolute Gasteiger partial charge is 0.0467 e. The maximum Gasteiger partial charge on any atom is 0.0467 e. The molecule has 0 saturated heterocycles. The topological polar surface area (TPSA) is 15.8 Å². The monoisotopic (exact) mass is 265 g/mol. The van der Waals surface area contributed by atoms with Crippen molar-refractivity contribution in [1.82, 2.24) is 4.98 Å². The molecule has 0 unspecified atom stereocenters. The lowest BCUT2D eigenvalue weighted by molar-refractivity contribution is 0.591. The standard InChI is InChI=1S/C19H23N/c1-12(2)13-6-8-15-16-9-7-14(19(3,4)5)11-18(16)20-17(15)10-13/h6-12,20H,1-5H3. The van der Waals surface area contributed by atoms with Gasteiger partial charge in [-0.3, -0.25) is 0 Å². The summed E-state index contributed by atoms with van der Waals surface area (Å²) in [6.07, 6.45) is 0. The zero-order chi connectivity index (χ0) is 14.5. The molecule has 0 aliphatic carbocycles. The average molecular weight is 265 g/mol. The van der Waals surface area contributed by atoms with E-state index in [1.165, 1.54) is 32.9 Å². The Labute approximate surface area is 121 Å². The first-order valence-corrected chi connectivity index (χ1v) is 7.42. The number of rotatable bonds is 1. The number of hydrogen-bond donors (Lipinski definition) is 1. The van der Waals surface area contributed by atoms with Crippen molar-refractivity contribution in [2.24, 2.45) is 0 Å². The van der Waals surface area contributed by atoms with Crippen LogP contribution in [0.5, 0.6) is 0 Å². The quantitative estimate of drug-likeness (QED) is 0.577. The summed E-state index contributed by atoms with van der Waals surface area (Å²) in [6.45, 7) is 11.2. The van der Waals surface area contributed by atoms with Gasteiger partial charge in [0.2, 0.25) is 0 Å². The van der Waals surface area contributed by atoms with Crippen molar-refractivity contribution in [3.63, 3.8) is 0 Å². The summed E-state index contributed by atoms with van der Waals surface area (Å²) in [4.78, 5) is 3.59. The van der Waals surface area contributed by atoms with Gasteiger partial charge in [0.15, 0.2) is 0 Å². The van der Waals surface area contributed by atoms with Crippen molar-refractivity contribution in [3.8, 4) is 0 Å². The molecule has 0 aliphatic rings. The molecule has 0 amide bonds. The molecule has 0 radical (unpaired) electrons. The molecule has 1 aromatic heterocycles. The number of H-pyrrole nitrogens is 1. The largest absolute Gasteiger partial charge is 0.354 e. The van der Waals surface area contributed by atoms with Gasteiger partial charge < -0.3 is 4.98 Å². The predicted molar refractivity (Wildman–Crippen MR) is 88.6 cm³/mol. The Morgan fingerprint density at radius 1 is 0.850 bits per heavy atom. The number of fused-ring (bicyclic) bond motifs is 3. The van der Waals surface area contributed by atoms with Crippen molar-refractivity contribution in [1.29, 1.82) is 0 Å². The first-order valence-electron chi connectivity index (χ1n) is 7.42. The Kier molecular flexibility index (Phi) is 2.89. The Morgan fingerprint density at radius 3 is 2.05 bits per heavy atom. The summed E-state index contributed by atoms with van der Waals surface area (Å²) in [7, 11) is 0. The highest BCUT2D eigenvalue weighted by Crippen LogP contribution is 2.31. The molecular formula is C19H23N. The zero-order valence-electron chi connectivity index (χ0n) is 13.0. The van der Waals surface area contributed by atoms with Crippen molar-refractivity contribution < 1.29 is 0 Å². The van der Waals surface area contributed by atoms with Gasteiger partial charge >= 0.3 is 0 Å². The van der Waals surface area contributed by atoms with Gasteiger partial charge in [-0.05, 0) is 34.6 Å². The van der Waals surface area contributed by atoms with E-state index in [2.05, 4.69) is 76.0 Å². The molecule has 0 atom stereocenters. The maximum absolute atomic E-state index is 3.59. The van der Waals surface area contributed by atoms with Crippen LogP contribution in [0.15, 0.2) is 36.4 Å². The number of hydrogen-bond acceptors (Lipinski definition) is 0. The first-order chi connectivity index (χ1) is 9.36. The molecule has 0 saturated carbocycles. The van der Waals surface area contributed by atoms with Crippen molar-refractivity contribution in [3.05, 3.63) is 47.5 Å². The van der Waals surface area contributed by atoms with E-state index in [4.69, 9.17) is 0 Å². The lowest BCUT2D eigenvalue weighted by Gasteiger charge is -2.18. The highest BCUT2D eigenvalue weighted by molar-refractivity contribution is 6.07. The Hall–Kier alpha value is -1.76. The van der Waals surface area contributed by atoms with Crippen molar-refractivity contribution >= 4 is 21.8 Å². The van der Waals surface area contributed by atoms with E-state index in [0.29, 0.717) is 5.92 Å². The third-order valence-corrected chi connectivity index (χ3v) is 4.16. The molecule has 2 aromatic carbocycles. The van der Waals surface area contributed by atoms with E-state index in [-0.39, 0.29) is 5.41 Å². The Morgan fingerprint density at radius 2 is 1.45 bits per heavy atom. The molecule has 1 nitrogen and oxygen atoms in total. The second-order valence-corrected chi connectivity index (χ2v) is 7.10. The molecule has 1 heteroatoms. The molecule has 1 heterocycles. The number of nitrogens with one attached hydrogen (secondary N) is 1. The van der Waals surface area contributed by atoms with Crippen LogP contribution in [0.3, 0.4) is 0 Å². The number of benzene rings is 2. The minimum atomic E-state index is 0.189. The predicted octanol–water partition coefficient (Wildman–Crippen LogP) is 5.74. The second kappa shape index (κ2) is 4.37. The molecule has 0 aliphatic heterocycles. The van der Waals surface area contributed by atoms with Crippen LogP contribution in [0.2, 0.25) is 0 Å². The summed E-state index contributed by atoms with van der Waals surface area (Å²) in [5.41, 5.74) is 5.44. The van der Waals surface area contributed by atoms with Crippen LogP contribution in [0.1, 0.15) is 51.7 Å². The van der Waals surface area contributed by atoms with Gasteiger partial charge in [0.1, 0.15) is 0 Å². The van der Waals surface area contributed by atoms with Crippen LogP contribution in [0, 0.1) is 0 Å². The number of aromatic nitrogens is 1. The fourth-order valence-corrected chi connectivity index (χ4v) is 2.75. The maximum atomic E-state index is 3.59. The van der Waals surface area contributed by atoms with Crippen molar-refractivity contribution in [2.75, 3.05) is 0 Å². The van der Waals surface area contributed by atoms with Crippen LogP contribution in [0.25, 0.3) is 21.8 Å². The summed E-state index contributed by atoms with van der Waals surface area (Å²) in [6, 6.07) is 13.6. The number of aromatic amines is 1. The van der Waals surface area contributed by atoms with Crippen molar-refractivity contribution in [2.45, 2.75) is 46.0 Å². The third kappa shape index (κ3) is 2.11. The molecule has 3 rings (SSSR count). The van der Waals surface area contributed by atoms with Gasteiger partial charge in [0, 0.05) is 21.8 Å². The minimum Gasteiger partial charge on any atom is -0.354 e. The SMILES string of the molecule is CC(C)c1ccc2c(c1)[nH]c1cc(C(C)(C)C)ccc12. The molecular weight excluding hydrogens is 242 g/mol. The Balaban J connectivity index is 2.25. The van der Waals surface area contributed by atoms with Gasteiger partial charge in [-0.15, -0.1) is 0 Å². The highest BCUT2D eigenvalue weighted by atomic mass is 14.7. The van der Waals surface area contributed by atoms with E-state index in [1.807, 2.05) is 0 Å². The zero-order valence-corrected chi connectivity index (χ0v) is 13.0. The molecule has 0 bridgehead atoms. The van der Waals surface area contributed by atoms with Crippen LogP contribution < -0.4 is 0 Å². The van der Waals surface area contributed by atoms with Gasteiger partial charge in [0.25, 0.3) is 0 Å². The van der Waals surface area contributed by atoms with Gasteiger partial charge in [0.05, 0.1) is 0 Å². The second-order valence-electron chi connectivity index (χ2n) is 7.10. The summed E-state index contributed by atoms with van der Waals surface area (Å²) in [5, 5.41) is 2.65. The van der Waals surface area contributed by atoms with E-state index in [1.54, 1.807) is 0 Å². The average Bonchev–Trinajstić information content (AvgIpc) is 2.73. The van der Waals surface area contributed by atoms with Crippen LogP contribution in [-0.2, 0) is 5.41 Å². The normalized spacial score (nSPS) is 12.7. The molecule has 0 spiro atoms. The molecule has 1 N–H and O–H groups in total. The van der Waals surface area contributed by atoms with E-state index in [0.717, 1.165) is 0 Å². The minimum absolute atomic E-state index is 0.189. The molecule has 3 aromatic rings. The van der Waals surface area contributed by atoms with Crippen LogP contribution in [-0.4, -0.2) is 4.98 Å². The molecule has 0 fully saturated rings.